The van der Waals surface area contributed by atoms with E-state index in [4.69, 9.17) is 33.7 Å². The number of fused-ring (bicyclic) bond motifs is 1. The standard InChI is InChI=1S/C22H16Cl2N4O2/c1-12-9-17-20(22(29)28(12)11-13-5-2-3-8-27-13)18(14(10-25)21(26)30-17)19-15(23)6-4-7-16(19)24/h2-9,18H,11,26H2,1H3/t18-/m0/s1. The van der Waals surface area contributed by atoms with Gasteiger partial charge in [-0.2, -0.15) is 5.26 Å². The Morgan fingerprint density at radius 3 is 2.57 bits per heavy atom. The van der Waals surface area contributed by atoms with Crippen molar-refractivity contribution in [1.82, 2.24) is 9.55 Å². The molecule has 2 N–H and O–H groups in total. The lowest BCUT2D eigenvalue weighted by Gasteiger charge is -2.28. The van der Waals surface area contributed by atoms with Crippen LogP contribution in [0.15, 0.2) is 64.9 Å². The summed E-state index contributed by atoms with van der Waals surface area (Å²) in [4.78, 5) is 17.9. The number of halogens is 2. The minimum absolute atomic E-state index is 0.0766. The maximum Gasteiger partial charge on any atom is 0.259 e. The maximum absolute atomic E-state index is 13.6. The number of ether oxygens (including phenoxy) is 1. The van der Waals surface area contributed by atoms with Crippen molar-refractivity contribution in [3.8, 4) is 11.8 Å². The molecule has 0 spiro atoms. The van der Waals surface area contributed by atoms with Gasteiger partial charge < -0.3 is 15.0 Å². The molecule has 1 aromatic carbocycles. The third-order valence-electron chi connectivity index (χ3n) is 5.02. The van der Waals surface area contributed by atoms with Gasteiger partial charge in [-0.25, -0.2) is 0 Å². The molecule has 0 amide bonds. The second-order valence-corrected chi connectivity index (χ2v) is 7.65. The fourth-order valence-corrected chi connectivity index (χ4v) is 4.23. The summed E-state index contributed by atoms with van der Waals surface area (Å²) in [5.41, 5.74) is 7.88. The van der Waals surface area contributed by atoms with Gasteiger partial charge >= 0.3 is 0 Å². The van der Waals surface area contributed by atoms with E-state index in [-0.39, 0.29) is 34.9 Å². The number of nitriles is 1. The smallest absolute Gasteiger partial charge is 0.259 e. The molecule has 0 saturated heterocycles. The summed E-state index contributed by atoms with van der Waals surface area (Å²) in [6.45, 7) is 2.06. The zero-order chi connectivity index (χ0) is 21.4. The van der Waals surface area contributed by atoms with Gasteiger partial charge in [0, 0.05) is 33.6 Å². The Hall–Kier alpha value is -3.27. The van der Waals surface area contributed by atoms with Crippen LogP contribution in [0, 0.1) is 18.3 Å². The van der Waals surface area contributed by atoms with Crippen molar-refractivity contribution < 1.29 is 4.74 Å². The lowest BCUT2D eigenvalue weighted by molar-refractivity contribution is 0.389. The van der Waals surface area contributed by atoms with Gasteiger partial charge in [0.25, 0.3) is 5.56 Å². The number of aromatic nitrogens is 2. The normalized spacial score (nSPS) is 15.3. The van der Waals surface area contributed by atoms with E-state index in [9.17, 15) is 10.1 Å². The molecule has 1 atom stereocenters. The molecule has 0 aliphatic carbocycles. The molecule has 0 bridgehead atoms. The third kappa shape index (κ3) is 3.32. The highest BCUT2D eigenvalue weighted by atomic mass is 35.5. The molecule has 3 heterocycles. The Morgan fingerprint density at radius 2 is 1.93 bits per heavy atom. The van der Waals surface area contributed by atoms with Gasteiger partial charge in [0.05, 0.1) is 23.7 Å². The molecule has 8 heteroatoms. The number of aryl methyl sites for hydroxylation is 1. The van der Waals surface area contributed by atoms with Crippen LogP contribution in [-0.2, 0) is 6.54 Å². The van der Waals surface area contributed by atoms with Crippen molar-refractivity contribution >= 4 is 23.2 Å². The summed E-state index contributed by atoms with van der Waals surface area (Å²) in [6, 6.07) is 14.3. The predicted octanol–water partition coefficient (Wildman–Crippen LogP) is 4.13. The second-order valence-electron chi connectivity index (χ2n) is 6.84. The van der Waals surface area contributed by atoms with Gasteiger partial charge in [0.2, 0.25) is 5.88 Å². The molecule has 2 aromatic heterocycles. The second kappa shape index (κ2) is 7.86. The Kier molecular flexibility index (Phi) is 5.25. The number of nitrogens with two attached hydrogens (primary N) is 1. The summed E-state index contributed by atoms with van der Waals surface area (Å²) in [6.07, 6.45) is 1.67. The minimum atomic E-state index is -0.844. The summed E-state index contributed by atoms with van der Waals surface area (Å²) >= 11 is 12.9. The van der Waals surface area contributed by atoms with Crippen molar-refractivity contribution in [2.24, 2.45) is 5.73 Å². The van der Waals surface area contributed by atoms with Crippen molar-refractivity contribution in [2.45, 2.75) is 19.4 Å². The highest BCUT2D eigenvalue weighted by molar-refractivity contribution is 6.36. The van der Waals surface area contributed by atoms with Gasteiger partial charge in [0.1, 0.15) is 17.4 Å². The van der Waals surface area contributed by atoms with E-state index in [0.29, 0.717) is 21.3 Å². The minimum Gasteiger partial charge on any atom is -0.440 e. The van der Waals surface area contributed by atoms with Gasteiger partial charge in [-0.15, -0.1) is 0 Å². The molecule has 1 aliphatic heterocycles. The lowest BCUT2D eigenvalue weighted by atomic mass is 9.84. The molecule has 30 heavy (non-hydrogen) atoms. The van der Waals surface area contributed by atoms with Crippen LogP contribution in [0.2, 0.25) is 10.0 Å². The predicted molar refractivity (Wildman–Crippen MR) is 115 cm³/mol. The summed E-state index contributed by atoms with van der Waals surface area (Å²) in [7, 11) is 0. The number of benzene rings is 1. The number of nitrogens with zero attached hydrogens (tertiary/aromatic N) is 3. The topological polar surface area (TPSA) is 93.9 Å². The zero-order valence-electron chi connectivity index (χ0n) is 15.9. The summed E-state index contributed by atoms with van der Waals surface area (Å²) in [5.74, 6) is -0.637. The van der Waals surface area contributed by atoms with E-state index in [2.05, 4.69) is 11.1 Å². The molecular formula is C22H16Cl2N4O2. The first-order valence-electron chi connectivity index (χ1n) is 9.08. The average molecular weight is 439 g/mol. The molecule has 3 aromatic rings. The molecule has 150 valence electrons. The van der Waals surface area contributed by atoms with Crippen LogP contribution in [0.1, 0.15) is 28.4 Å². The molecule has 1 aliphatic rings. The van der Waals surface area contributed by atoms with E-state index in [1.165, 1.54) is 0 Å². The van der Waals surface area contributed by atoms with Crippen molar-refractivity contribution in [3.63, 3.8) is 0 Å². The first kappa shape index (κ1) is 20.0. The van der Waals surface area contributed by atoms with Crippen LogP contribution in [0.4, 0.5) is 0 Å². The Balaban J connectivity index is 1.99. The highest BCUT2D eigenvalue weighted by Crippen LogP contribution is 2.45. The van der Waals surface area contributed by atoms with E-state index in [1.807, 2.05) is 18.2 Å². The third-order valence-corrected chi connectivity index (χ3v) is 5.68. The molecular weight excluding hydrogens is 423 g/mol. The fourth-order valence-electron chi connectivity index (χ4n) is 3.61. The fraction of sp³-hybridized carbons (Fsp3) is 0.136. The Morgan fingerprint density at radius 1 is 1.20 bits per heavy atom. The van der Waals surface area contributed by atoms with Gasteiger partial charge in [-0.05, 0) is 31.2 Å². The van der Waals surface area contributed by atoms with E-state index in [0.717, 1.165) is 5.69 Å². The zero-order valence-corrected chi connectivity index (χ0v) is 17.4. The highest BCUT2D eigenvalue weighted by Gasteiger charge is 2.36. The SMILES string of the molecule is Cc1cc2c(c(=O)n1Cc1ccccn1)[C@H](c1c(Cl)cccc1Cl)C(C#N)=C(N)O2. The van der Waals surface area contributed by atoms with Crippen LogP contribution in [-0.4, -0.2) is 9.55 Å². The molecule has 6 nitrogen and oxygen atoms in total. The van der Waals surface area contributed by atoms with Gasteiger partial charge in [0.15, 0.2) is 0 Å². The van der Waals surface area contributed by atoms with Crippen LogP contribution in [0.25, 0.3) is 0 Å². The Labute approximate surface area is 182 Å². The number of pyridine rings is 2. The Bertz CT molecular complexity index is 1260. The van der Waals surface area contributed by atoms with Crippen molar-refractivity contribution in [1.29, 1.82) is 5.26 Å². The summed E-state index contributed by atoms with van der Waals surface area (Å²) in [5, 5.41) is 10.4. The number of hydrogen-bond acceptors (Lipinski definition) is 5. The molecule has 0 saturated carbocycles. The molecule has 4 rings (SSSR count). The summed E-state index contributed by atoms with van der Waals surface area (Å²) < 4.78 is 7.24. The van der Waals surface area contributed by atoms with Crippen LogP contribution in [0.3, 0.4) is 0 Å². The van der Waals surface area contributed by atoms with E-state index in [1.54, 1.807) is 42.0 Å². The van der Waals surface area contributed by atoms with Crippen molar-refractivity contribution in [2.75, 3.05) is 0 Å². The van der Waals surface area contributed by atoms with Crippen LogP contribution >= 0.6 is 23.2 Å². The maximum atomic E-state index is 13.6. The van der Waals surface area contributed by atoms with E-state index < -0.39 is 5.92 Å². The largest absolute Gasteiger partial charge is 0.440 e. The number of allylic oxidation sites excluding steroid dienone is 1. The number of rotatable bonds is 3. The monoisotopic (exact) mass is 438 g/mol. The number of hydrogen-bond donors (Lipinski definition) is 1. The van der Waals surface area contributed by atoms with Gasteiger partial charge in [-0.3, -0.25) is 9.78 Å². The van der Waals surface area contributed by atoms with E-state index >= 15 is 0 Å². The average Bonchev–Trinajstić information content (AvgIpc) is 2.71. The molecule has 0 fully saturated rings. The lowest BCUT2D eigenvalue weighted by Crippen LogP contribution is -2.33. The molecule has 0 unspecified atom stereocenters. The van der Waals surface area contributed by atoms with Gasteiger partial charge in [-0.1, -0.05) is 35.3 Å². The first-order valence-corrected chi connectivity index (χ1v) is 9.83. The first-order chi connectivity index (χ1) is 14.4. The van der Waals surface area contributed by atoms with Crippen LogP contribution < -0.4 is 16.0 Å². The quantitative estimate of drug-likeness (QED) is 0.663. The van der Waals surface area contributed by atoms with Crippen molar-refractivity contribution in [3.05, 3.63) is 103 Å². The molecule has 0 radical (unpaired) electrons. The van der Waals surface area contributed by atoms with Crippen LogP contribution in [0.5, 0.6) is 5.75 Å².